The lowest BCUT2D eigenvalue weighted by Crippen LogP contribution is -2.35. The van der Waals surface area contributed by atoms with E-state index in [1.165, 1.54) is 24.8 Å². The van der Waals surface area contributed by atoms with Crippen molar-refractivity contribution >= 4 is 22.5 Å². The second-order valence-electron chi connectivity index (χ2n) is 4.74. The third kappa shape index (κ3) is 2.31. The maximum absolute atomic E-state index is 5.99. The molecule has 4 heteroatoms. The summed E-state index contributed by atoms with van der Waals surface area (Å²) in [7, 11) is 0. The van der Waals surface area contributed by atoms with E-state index in [1.54, 1.807) is 0 Å². The van der Waals surface area contributed by atoms with Crippen molar-refractivity contribution in [1.82, 2.24) is 15.5 Å². The van der Waals surface area contributed by atoms with Gasteiger partial charge >= 0.3 is 0 Å². The molecule has 17 heavy (non-hydrogen) atoms. The number of aromatic amines is 1. The van der Waals surface area contributed by atoms with E-state index in [0.29, 0.717) is 11.2 Å². The molecule has 1 aliphatic heterocycles. The highest BCUT2D eigenvalue weighted by Gasteiger charge is 2.13. The molecule has 90 valence electrons. The fourth-order valence-corrected chi connectivity index (χ4v) is 2.74. The molecule has 1 aromatic heterocycles. The molecule has 1 fully saturated rings. The molecular weight excluding hydrogens is 234 g/mol. The maximum atomic E-state index is 5.99. The minimum Gasteiger partial charge on any atom is -0.314 e. The summed E-state index contributed by atoms with van der Waals surface area (Å²) in [6, 6.07) is 6.96. The number of benzene rings is 1. The third-order valence-electron chi connectivity index (χ3n) is 3.47. The molecule has 1 aromatic carbocycles. The summed E-state index contributed by atoms with van der Waals surface area (Å²) in [4.78, 5) is 0. The molecule has 1 aliphatic rings. The molecule has 0 bridgehead atoms. The van der Waals surface area contributed by atoms with Gasteiger partial charge in [-0.15, -0.1) is 0 Å². The molecule has 0 spiro atoms. The van der Waals surface area contributed by atoms with E-state index >= 15 is 0 Å². The SMILES string of the molecule is Clc1[nH]nc2cc(CC3CCCCN3)ccc12. The van der Waals surface area contributed by atoms with Crippen LogP contribution in [0.5, 0.6) is 0 Å². The molecule has 2 heterocycles. The lowest BCUT2D eigenvalue weighted by molar-refractivity contribution is 0.399. The van der Waals surface area contributed by atoms with Crippen molar-refractivity contribution in [2.24, 2.45) is 0 Å². The predicted octanol–water partition coefficient (Wildman–Crippen LogP) is 2.90. The van der Waals surface area contributed by atoms with Crippen molar-refractivity contribution in [1.29, 1.82) is 0 Å². The molecule has 3 nitrogen and oxygen atoms in total. The predicted molar refractivity (Wildman–Crippen MR) is 70.4 cm³/mol. The maximum Gasteiger partial charge on any atom is 0.132 e. The molecule has 1 saturated heterocycles. The molecule has 0 aliphatic carbocycles. The van der Waals surface area contributed by atoms with E-state index in [4.69, 9.17) is 11.6 Å². The third-order valence-corrected chi connectivity index (χ3v) is 3.76. The van der Waals surface area contributed by atoms with Crippen LogP contribution in [0, 0.1) is 0 Å². The van der Waals surface area contributed by atoms with Crippen LogP contribution in [0.3, 0.4) is 0 Å². The zero-order chi connectivity index (χ0) is 11.7. The monoisotopic (exact) mass is 249 g/mol. The molecule has 0 saturated carbocycles. The zero-order valence-corrected chi connectivity index (χ0v) is 10.4. The van der Waals surface area contributed by atoms with Gasteiger partial charge in [0.05, 0.1) is 5.52 Å². The number of aromatic nitrogens is 2. The van der Waals surface area contributed by atoms with E-state index in [9.17, 15) is 0 Å². The topological polar surface area (TPSA) is 40.7 Å². The van der Waals surface area contributed by atoms with Crippen molar-refractivity contribution in [3.63, 3.8) is 0 Å². The van der Waals surface area contributed by atoms with Gasteiger partial charge in [-0.3, -0.25) is 5.10 Å². The van der Waals surface area contributed by atoms with Crippen LogP contribution in [-0.2, 0) is 6.42 Å². The minimum absolute atomic E-state index is 0.621. The van der Waals surface area contributed by atoms with E-state index in [-0.39, 0.29) is 0 Å². The molecular formula is C13H16ClN3. The highest BCUT2D eigenvalue weighted by molar-refractivity contribution is 6.34. The normalized spacial score (nSPS) is 20.9. The van der Waals surface area contributed by atoms with Crippen LogP contribution in [0.25, 0.3) is 10.9 Å². The van der Waals surface area contributed by atoms with Gasteiger partial charge in [0.15, 0.2) is 0 Å². The molecule has 2 N–H and O–H groups in total. The summed E-state index contributed by atoms with van der Waals surface area (Å²) in [6.45, 7) is 1.15. The number of hydrogen-bond acceptors (Lipinski definition) is 2. The Morgan fingerprint density at radius 1 is 1.35 bits per heavy atom. The van der Waals surface area contributed by atoms with Gasteiger partial charge in [0.1, 0.15) is 5.15 Å². The van der Waals surface area contributed by atoms with Gasteiger partial charge in [0.25, 0.3) is 0 Å². The summed E-state index contributed by atoms with van der Waals surface area (Å²) >= 11 is 5.99. The molecule has 0 amide bonds. The Labute approximate surface area is 106 Å². The number of nitrogens with one attached hydrogen (secondary N) is 2. The van der Waals surface area contributed by atoms with E-state index in [2.05, 4.69) is 33.7 Å². The number of hydrogen-bond donors (Lipinski definition) is 2. The number of piperidine rings is 1. The lowest BCUT2D eigenvalue weighted by Gasteiger charge is -2.23. The Morgan fingerprint density at radius 3 is 3.12 bits per heavy atom. The van der Waals surface area contributed by atoms with Gasteiger partial charge in [-0.1, -0.05) is 24.1 Å². The summed E-state index contributed by atoms with van der Waals surface area (Å²) < 4.78 is 0. The molecule has 0 radical (unpaired) electrons. The molecule has 1 atom stereocenters. The fourth-order valence-electron chi connectivity index (χ4n) is 2.53. The zero-order valence-electron chi connectivity index (χ0n) is 9.67. The van der Waals surface area contributed by atoms with E-state index in [1.807, 2.05) is 0 Å². The highest BCUT2D eigenvalue weighted by atomic mass is 35.5. The van der Waals surface area contributed by atoms with Gasteiger partial charge in [-0.05, 0) is 43.5 Å². The quantitative estimate of drug-likeness (QED) is 0.859. The Morgan fingerprint density at radius 2 is 2.29 bits per heavy atom. The largest absolute Gasteiger partial charge is 0.314 e. The summed E-state index contributed by atoms with van der Waals surface area (Å²) in [5.41, 5.74) is 2.29. The Balaban J connectivity index is 1.80. The molecule has 1 unspecified atom stereocenters. The van der Waals surface area contributed by atoms with Crippen LogP contribution in [0.15, 0.2) is 18.2 Å². The van der Waals surface area contributed by atoms with Crippen molar-refractivity contribution < 1.29 is 0 Å². The van der Waals surface area contributed by atoms with Crippen LogP contribution >= 0.6 is 11.6 Å². The summed E-state index contributed by atoms with van der Waals surface area (Å²) in [5.74, 6) is 0. The first-order valence-corrected chi connectivity index (χ1v) is 6.56. The second kappa shape index (κ2) is 4.67. The Hall–Kier alpha value is -1.06. The summed E-state index contributed by atoms with van der Waals surface area (Å²) in [6.07, 6.45) is 5.01. The van der Waals surface area contributed by atoms with E-state index in [0.717, 1.165) is 23.9 Å². The fraction of sp³-hybridized carbons (Fsp3) is 0.462. The number of H-pyrrole nitrogens is 1. The van der Waals surface area contributed by atoms with Gasteiger partial charge in [-0.2, -0.15) is 5.10 Å². The first kappa shape index (κ1) is 11.1. The number of rotatable bonds is 2. The van der Waals surface area contributed by atoms with Crippen molar-refractivity contribution in [2.45, 2.75) is 31.7 Å². The van der Waals surface area contributed by atoms with Crippen LogP contribution in [-0.4, -0.2) is 22.8 Å². The first-order chi connectivity index (χ1) is 8.33. The Bertz CT molecular complexity index is 514. The molecule has 3 rings (SSSR count). The smallest absolute Gasteiger partial charge is 0.132 e. The van der Waals surface area contributed by atoms with Gasteiger partial charge in [0.2, 0.25) is 0 Å². The minimum atomic E-state index is 0.621. The second-order valence-corrected chi connectivity index (χ2v) is 5.12. The summed E-state index contributed by atoms with van der Waals surface area (Å²) in [5, 5.41) is 12.2. The first-order valence-electron chi connectivity index (χ1n) is 6.19. The van der Waals surface area contributed by atoms with E-state index < -0.39 is 0 Å². The highest BCUT2D eigenvalue weighted by Crippen LogP contribution is 2.22. The van der Waals surface area contributed by atoms with Crippen LogP contribution in [0.4, 0.5) is 0 Å². The van der Waals surface area contributed by atoms with Crippen molar-refractivity contribution in [3.05, 3.63) is 28.9 Å². The number of fused-ring (bicyclic) bond motifs is 1. The lowest BCUT2D eigenvalue weighted by atomic mass is 9.97. The van der Waals surface area contributed by atoms with Crippen LogP contribution in [0.2, 0.25) is 5.15 Å². The van der Waals surface area contributed by atoms with Gasteiger partial charge in [0, 0.05) is 11.4 Å². The number of nitrogens with zero attached hydrogens (tertiary/aromatic N) is 1. The number of halogens is 1. The van der Waals surface area contributed by atoms with Crippen LogP contribution in [0.1, 0.15) is 24.8 Å². The average Bonchev–Trinajstić information content (AvgIpc) is 2.72. The molecule has 2 aromatic rings. The van der Waals surface area contributed by atoms with Crippen LogP contribution < -0.4 is 5.32 Å². The van der Waals surface area contributed by atoms with Crippen molar-refractivity contribution in [3.8, 4) is 0 Å². The standard InChI is InChI=1S/C13H16ClN3/c14-13-11-5-4-9(8-12(11)16-17-13)7-10-3-1-2-6-15-10/h4-5,8,10,15H,1-3,6-7H2,(H,16,17). The Kier molecular flexibility index (Phi) is 3.04. The van der Waals surface area contributed by atoms with Crippen molar-refractivity contribution in [2.75, 3.05) is 6.54 Å². The average molecular weight is 250 g/mol. The van der Waals surface area contributed by atoms with Gasteiger partial charge < -0.3 is 5.32 Å². The van der Waals surface area contributed by atoms with Gasteiger partial charge in [-0.25, -0.2) is 0 Å².